The van der Waals surface area contributed by atoms with Gasteiger partial charge in [-0.05, 0) is 29.8 Å². The SMILES string of the molecule is N#Cc1ccc(C(COP(=O)(O)O)n2c(O)c(C=C3C=Nc4c3ccc(Cl)c4F)[nH]c2=O)cc1F. The van der Waals surface area contributed by atoms with Gasteiger partial charge in [-0.1, -0.05) is 23.7 Å². The number of hydrogen-bond donors (Lipinski definition) is 4. The van der Waals surface area contributed by atoms with Crippen LogP contribution in [0, 0.1) is 23.0 Å². The van der Waals surface area contributed by atoms with Crippen molar-refractivity contribution >= 4 is 43.0 Å². The van der Waals surface area contributed by atoms with E-state index in [0.29, 0.717) is 15.7 Å². The zero-order chi connectivity index (χ0) is 25.5. The van der Waals surface area contributed by atoms with Crippen LogP contribution in [-0.2, 0) is 9.09 Å². The van der Waals surface area contributed by atoms with Crippen LogP contribution in [-0.4, -0.2) is 37.3 Å². The molecular weight excluding hydrogens is 509 g/mol. The molecule has 0 saturated carbocycles. The minimum absolute atomic E-state index is 0.0185. The number of aromatic amines is 1. The number of allylic oxidation sites excluding steroid dienone is 1. The molecule has 10 nitrogen and oxygen atoms in total. The number of nitriles is 1. The number of aromatic nitrogens is 2. The maximum atomic E-state index is 14.2. The minimum Gasteiger partial charge on any atom is -0.493 e. The van der Waals surface area contributed by atoms with E-state index in [4.69, 9.17) is 26.6 Å². The van der Waals surface area contributed by atoms with Crippen LogP contribution >= 0.6 is 19.4 Å². The third-order valence-corrected chi connectivity index (χ3v) is 5.93. The Balaban J connectivity index is 1.80. The molecular formula is C21H14ClF2N4O6P. The number of aliphatic imine (C=N–C) groups is 1. The highest BCUT2D eigenvalue weighted by atomic mass is 35.5. The van der Waals surface area contributed by atoms with Gasteiger partial charge >= 0.3 is 13.5 Å². The van der Waals surface area contributed by atoms with Crippen molar-refractivity contribution in [1.29, 1.82) is 5.26 Å². The molecule has 1 atom stereocenters. The van der Waals surface area contributed by atoms with Crippen molar-refractivity contribution in [2.45, 2.75) is 6.04 Å². The van der Waals surface area contributed by atoms with E-state index in [-0.39, 0.29) is 27.5 Å². The van der Waals surface area contributed by atoms with Gasteiger partial charge in [0.1, 0.15) is 23.3 Å². The van der Waals surface area contributed by atoms with Gasteiger partial charge < -0.3 is 19.9 Å². The molecule has 2 aromatic carbocycles. The Morgan fingerprint density at radius 2 is 2.06 bits per heavy atom. The number of phosphoric acid groups is 1. The number of hydrogen-bond acceptors (Lipinski definition) is 6. The van der Waals surface area contributed by atoms with Crippen molar-refractivity contribution in [3.8, 4) is 11.9 Å². The first-order valence-electron chi connectivity index (χ1n) is 9.67. The van der Waals surface area contributed by atoms with E-state index < -0.39 is 43.7 Å². The summed E-state index contributed by atoms with van der Waals surface area (Å²) in [6.45, 7) is -0.828. The average Bonchev–Trinajstić information content (AvgIpc) is 3.32. The minimum atomic E-state index is -5.01. The first-order chi connectivity index (χ1) is 16.5. The summed E-state index contributed by atoms with van der Waals surface area (Å²) in [5.41, 5.74) is -0.736. The molecule has 180 valence electrons. The van der Waals surface area contributed by atoms with E-state index in [2.05, 4.69) is 14.5 Å². The highest BCUT2D eigenvalue weighted by Crippen LogP contribution is 2.40. The molecule has 0 saturated heterocycles. The lowest BCUT2D eigenvalue weighted by molar-refractivity contribution is 0.175. The van der Waals surface area contributed by atoms with Crippen LogP contribution in [0.5, 0.6) is 5.88 Å². The summed E-state index contributed by atoms with van der Waals surface area (Å²) in [6.07, 6.45) is 2.60. The summed E-state index contributed by atoms with van der Waals surface area (Å²) in [4.78, 5) is 37.3. The molecule has 0 aliphatic carbocycles. The van der Waals surface area contributed by atoms with Crippen LogP contribution in [0.4, 0.5) is 14.5 Å². The summed E-state index contributed by atoms with van der Waals surface area (Å²) in [5.74, 6) is -2.37. The average molecular weight is 523 g/mol. The summed E-state index contributed by atoms with van der Waals surface area (Å²) in [6, 6.07) is 6.29. The van der Waals surface area contributed by atoms with Gasteiger partial charge in [-0.25, -0.2) is 18.1 Å². The van der Waals surface area contributed by atoms with Crippen molar-refractivity contribution in [2.75, 3.05) is 6.61 Å². The van der Waals surface area contributed by atoms with Crippen molar-refractivity contribution in [3.05, 3.63) is 79.9 Å². The number of benzene rings is 2. The third kappa shape index (κ3) is 4.81. The molecule has 1 aliphatic rings. The fourth-order valence-electron chi connectivity index (χ4n) is 3.54. The smallest absolute Gasteiger partial charge is 0.469 e. The monoisotopic (exact) mass is 522 g/mol. The first-order valence-corrected chi connectivity index (χ1v) is 11.6. The molecule has 1 unspecified atom stereocenters. The number of H-pyrrole nitrogens is 1. The van der Waals surface area contributed by atoms with Crippen LogP contribution in [0.25, 0.3) is 11.6 Å². The van der Waals surface area contributed by atoms with Crippen molar-refractivity contribution in [1.82, 2.24) is 9.55 Å². The van der Waals surface area contributed by atoms with Crippen LogP contribution in [0.15, 0.2) is 40.1 Å². The normalized spacial score (nSPS) is 14.8. The number of nitrogens with one attached hydrogen (secondary N) is 1. The number of fused-ring (bicyclic) bond motifs is 1. The highest BCUT2D eigenvalue weighted by Gasteiger charge is 2.27. The fraction of sp³-hybridized carbons (Fsp3) is 0.0952. The molecule has 0 spiro atoms. The molecule has 2 heterocycles. The van der Waals surface area contributed by atoms with Crippen LogP contribution in [0.1, 0.15) is 28.4 Å². The summed E-state index contributed by atoms with van der Waals surface area (Å²) in [7, 11) is -5.01. The second-order valence-corrected chi connectivity index (χ2v) is 8.95. The van der Waals surface area contributed by atoms with Gasteiger partial charge in [0.05, 0.1) is 23.2 Å². The number of phosphoric ester groups is 1. The molecule has 14 heteroatoms. The van der Waals surface area contributed by atoms with Crippen molar-refractivity contribution in [2.24, 2.45) is 4.99 Å². The predicted octanol–water partition coefficient (Wildman–Crippen LogP) is 3.64. The molecule has 0 bridgehead atoms. The Labute approximate surface area is 200 Å². The quantitative estimate of drug-likeness (QED) is 0.359. The molecule has 1 aromatic heterocycles. The number of nitrogens with zero attached hydrogens (tertiary/aromatic N) is 3. The van der Waals surface area contributed by atoms with Crippen molar-refractivity contribution in [3.63, 3.8) is 0 Å². The lowest BCUT2D eigenvalue weighted by Crippen LogP contribution is -2.26. The molecule has 4 rings (SSSR count). The van der Waals surface area contributed by atoms with E-state index in [1.165, 1.54) is 30.5 Å². The topological polar surface area (TPSA) is 161 Å². The lowest BCUT2D eigenvalue weighted by atomic mass is 10.0. The fourth-order valence-corrected chi connectivity index (χ4v) is 4.03. The van der Waals surface area contributed by atoms with E-state index >= 15 is 0 Å². The third-order valence-electron chi connectivity index (χ3n) is 5.15. The van der Waals surface area contributed by atoms with Gasteiger partial charge in [-0.3, -0.25) is 14.1 Å². The predicted molar refractivity (Wildman–Crippen MR) is 121 cm³/mol. The van der Waals surface area contributed by atoms with Crippen LogP contribution < -0.4 is 5.69 Å². The van der Waals surface area contributed by atoms with Gasteiger partial charge in [0.2, 0.25) is 5.88 Å². The summed E-state index contributed by atoms with van der Waals surface area (Å²) in [5, 5.41) is 19.6. The zero-order valence-corrected chi connectivity index (χ0v) is 19.0. The standard InChI is InChI=1S/C21H14ClF2N4O6P/c22-14-4-3-13-12(8-26-19(13)18(14)24)6-16-20(29)28(21(30)27-16)17(9-34-35(31,32)33)10-1-2-11(7-25)15(23)5-10/h1-6,8,17,29H,9H2,(H,27,30)(H2,31,32,33). The Morgan fingerprint density at radius 3 is 2.71 bits per heavy atom. The van der Waals surface area contributed by atoms with Crippen LogP contribution in [0.3, 0.4) is 0 Å². The molecule has 3 aromatic rings. The molecule has 0 amide bonds. The first kappa shape index (κ1) is 24.5. The van der Waals surface area contributed by atoms with E-state index in [1.807, 2.05) is 0 Å². The van der Waals surface area contributed by atoms with Gasteiger partial charge in [-0.15, -0.1) is 0 Å². The number of aromatic hydroxyl groups is 1. The van der Waals surface area contributed by atoms with E-state index in [1.54, 1.807) is 6.07 Å². The second-order valence-electron chi connectivity index (χ2n) is 7.31. The zero-order valence-electron chi connectivity index (χ0n) is 17.3. The Morgan fingerprint density at radius 1 is 1.31 bits per heavy atom. The van der Waals surface area contributed by atoms with Gasteiger partial charge in [-0.2, -0.15) is 5.26 Å². The number of rotatable bonds is 6. The number of imidazole rings is 1. The van der Waals surface area contributed by atoms with E-state index in [0.717, 1.165) is 12.1 Å². The second kappa shape index (κ2) is 9.22. The lowest BCUT2D eigenvalue weighted by Gasteiger charge is -2.19. The Bertz CT molecular complexity index is 1550. The Hall–Kier alpha value is -3.59. The van der Waals surface area contributed by atoms with Crippen LogP contribution in [0.2, 0.25) is 5.02 Å². The highest BCUT2D eigenvalue weighted by molar-refractivity contribution is 7.46. The largest absolute Gasteiger partial charge is 0.493 e. The van der Waals surface area contributed by atoms with E-state index in [9.17, 15) is 23.2 Å². The van der Waals surface area contributed by atoms with Gasteiger partial charge in [0.15, 0.2) is 5.82 Å². The van der Waals surface area contributed by atoms with Gasteiger partial charge in [0, 0.05) is 17.4 Å². The number of halogens is 3. The molecule has 4 N–H and O–H groups in total. The molecule has 1 aliphatic heterocycles. The van der Waals surface area contributed by atoms with Crippen molar-refractivity contribution < 1.29 is 32.8 Å². The Kier molecular flexibility index (Phi) is 6.46. The maximum Gasteiger partial charge on any atom is 0.469 e. The molecule has 0 fully saturated rings. The summed E-state index contributed by atoms with van der Waals surface area (Å²) < 4.78 is 45.0. The molecule has 35 heavy (non-hydrogen) atoms. The molecule has 0 radical (unpaired) electrons. The van der Waals surface area contributed by atoms with Gasteiger partial charge in [0.25, 0.3) is 0 Å². The maximum absolute atomic E-state index is 14.2. The summed E-state index contributed by atoms with van der Waals surface area (Å²) >= 11 is 5.76.